The molecule has 132 valence electrons. The number of nitrogens with one attached hydrogen (secondary N) is 1. The zero-order chi connectivity index (χ0) is 17.3. The van der Waals surface area contributed by atoms with Crippen LogP contribution in [0.2, 0.25) is 0 Å². The molecule has 0 saturated carbocycles. The summed E-state index contributed by atoms with van der Waals surface area (Å²) in [5, 5.41) is 0.626. The van der Waals surface area contributed by atoms with Crippen LogP contribution in [0.25, 0.3) is 22.2 Å². The van der Waals surface area contributed by atoms with Crippen molar-refractivity contribution in [2.24, 2.45) is 0 Å². The summed E-state index contributed by atoms with van der Waals surface area (Å²) < 4.78 is 37.3. The van der Waals surface area contributed by atoms with E-state index in [0.29, 0.717) is 27.7 Å². The summed E-state index contributed by atoms with van der Waals surface area (Å²) in [4.78, 5) is 18.1. The summed E-state index contributed by atoms with van der Waals surface area (Å²) in [5.41, 5.74) is 1.58. The molecule has 0 fully saturated rings. The summed E-state index contributed by atoms with van der Waals surface area (Å²) in [5.74, 6) is -0.476. The highest BCUT2D eigenvalue weighted by Crippen LogP contribution is 2.29. The summed E-state index contributed by atoms with van der Waals surface area (Å²) in [6.45, 7) is 0.0811. The van der Waals surface area contributed by atoms with E-state index >= 15 is 0 Å². The average molecular weight is 383 g/mol. The first-order valence-electron chi connectivity index (χ1n) is 7.03. The number of pyridine rings is 2. The number of H-pyrrole nitrogens is 1. The molecule has 25 heavy (non-hydrogen) atoms. The van der Waals surface area contributed by atoms with E-state index in [0.717, 1.165) is 4.31 Å². The first kappa shape index (κ1) is 19.2. The highest BCUT2D eigenvalue weighted by atomic mass is 35.5. The average Bonchev–Trinajstić information content (AvgIpc) is 2.54. The maximum atomic E-state index is 14.5. The van der Waals surface area contributed by atoms with Crippen LogP contribution in [0.3, 0.4) is 0 Å². The van der Waals surface area contributed by atoms with Gasteiger partial charge in [0, 0.05) is 41.0 Å². The van der Waals surface area contributed by atoms with E-state index in [1.807, 2.05) is 0 Å². The van der Waals surface area contributed by atoms with Gasteiger partial charge in [-0.15, -0.1) is 12.4 Å². The van der Waals surface area contributed by atoms with Gasteiger partial charge >= 0.3 is 0 Å². The molecule has 0 bridgehead atoms. The molecule has 1 N–H and O–H groups in total. The summed E-state index contributed by atoms with van der Waals surface area (Å²) in [6.07, 6.45) is 1.50. The number of hydrogen-bond donors (Lipinski definition) is 1. The van der Waals surface area contributed by atoms with Crippen molar-refractivity contribution in [2.45, 2.75) is 6.54 Å². The van der Waals surface area contributed by atoms with Crippen LogP contribution in [-0.4, -0.2) is 30.1 Å². The molecule has 3 rings (SSSR count). The predicted octanol–water partition coefficient (Wildman–Crippen LogP) is 2.38. The number of fused-ring (bicyclic) bond motifs is 1. The first-order chi connectivity index (χ1) is 11.5. The van der Waals surface area contributed by atoms with Crippen LogP contribution >= 0.6 is 12.4 Å². The van der Waals surface area contributed by atoms with E-state index in [9.17, 15) is 17.9 Å². The number of benzene rings is 1. The number of hydrogen-bond acceptors (Lipinski definition) is 4. The Labute approximate surface area is 151 Å². The molecular formula is C16H14ClFN3O3S-. The third-order valence-corrected chi connectivity index (χ3v) is 4.25. The second-order valence-electron chi connectivity index (χ2n) is 5.26. The molecule has 0 amide bonds. The fourth-order valence-electron chi connectivity index (χ4n) is 2.48. The van der Waals surface area contributed by atoms with Crippen LogP contribution in [0.4, 0.5) is 4.39 Å². The molecule has 2 heterocycles. The third-order valence-electron chi connectivity index (χ3n) is 3.62. The van der Waals surface area contributed by atoms with Crippen molar-refractivity contribution < 1.29 is 13.2 Å². The van der Waals surface area contributed by atoms with Crippen molar-refractivity contribution in [2.75, 3.05) is 7.05 Å². The minimum absolute atomic E-state index is 0. The van der Waals surface area contributed by atoms with E-state index in [2.05, 4.69) is 9.97 Å². The number of aromatic nitrogens is 2. The van der Waals surface area contributed by atoms with Gasteiger partial charge in [0.25, 0.3) is 0 Å². The van der Waals surface area contributed by atoms with E-state index in [1.54, 1.807) is 24.3 Å². The standard InChI is InChI=1S/C16H14FN3O3S.ClH/c1-20(24(22)23)9-10-2-3-12(14(17)8-10)11-6-7-18-16-13(11)4-5-15(21)19-16;/h2-8H,9H2,1H3,(H,22,23)(H,18,19,21);1H/p-1. The summed E-state index contributed by atoms with van der Waals surface area (Å²) in [6, 6.07) is 9.18. The number of rotatable bonds is 4. The summed E-state index contributed by atoms with van der Waals surface area (Å²) >= 11 is -2.36. The molecule has 2 aromatic heterocycles. The van der Waals surface area contributed by atoms with Crippen molar-refractivity contribution in [3.8, 4) is 11.1 Å². The number of nitrogens with zero attached hydrogens (tertiary/aromatic N) is 2. The molecule has 9 heteroatoms. The molecule has 1 unspecified atom stereocenters. The van der Waals surface area contributed by atoms with Crippen LogP contribution in [0, 0.1) is 5.82 Å². The molecular weight excluding hydrogens is 369 g/mol. The molecule has 0 saturated heterocycles. The highest BCUT2D eigenvalue weighted by Gasteiger charge is 2.11. The van der Waals surface area contributed by atoms with Gasteiger partial charge in [0.05, 0.1) is 0 Å². The smallest absolute Gasteiger partial charge is 0.249 e. The predicted molar refractivity (Wildman–Crippen MR) is 95.4 cm³/mol. The van der Waals surface area contributed by atoms with Crippen molar-refractivity contribution in [3.63, 3.8) is 0 Å². The largest absolute Gasteiger partial charge is 0.760 e. The van der Waals surface area contributed by atoms with Crippen molar-refractivity contribution in [1.82, 2.24) is 14.3 Å². The SMILES string of the molecule is CN(Cc1ccc(-c2ccnc3[nH]c(=O)ccc23)c(F)c1)S(=O)[O-].Cl. The maximum Gasteiger partial charge on any atom is 0.249 e. The minimum atomic E-state index is -2.36. The van der Waals surface area contributed by atoms with Gasteiger partial charge < -0.3 is 9.54 Å². The molecule has 3 aromatic rings. The van der Waals surface area contributed by atoms with Crippen molar-refractivity contribution >= 4 is 34.7 Å². The molecule has 0 radical (unpaired) electrons. The van der Waals surface area contributed by atoms with E-state index in [1.165, 1.54) is 25.4 Å². The van der Waals surface area contributed by atoms with Crippen LogP contribution in [0.1, 0.15) is 5.56 Å². The number of aromatic amines is 1. The molecule has 0 aliphatic rings. The zero-order valence-corrected chi connectivity index (χ0v) is 14.7. The van der Waals surface area contributed by atoms with Gasteiger partial charge in [-0.05, 0) is 36.4 Å². The minimum Gasteiger partial charge on any atom is -0.760 e. The Morgan fingerprint density at radius 1 is 1.24 bits per heavy atom. The Balaban J connectivity index is 0.00000225. The topological polar surface area (TPSA) is 89.1 Å². The Morgan fingerprint density at radius 2 is 2.00 bits per heavy atom. The van der Waals surface area contributed by atoms with Gasteiger partial charge in [0.2, 0.25) is 5.56 Å². The van der Waals surface area contributed by atoms with Gasteiger partial charge in [-0.25, -0.2) is 13.7 Å². The van der Waals surface area contributed by atoms with E-state index in [-0.39, 0.29) is 24.5 Å². The molecule has 1 aromatic carbocycles. The number of halogens is 2. The Hall–Kier alpha value is -2.13. The Kier molecular flexibility index (Phi) is 6.02. The molecule has 0 aliphatic heterocycles. The van der Waals surface area contributed by atoms with E-state index in [4.69, 9.17) is 0 Å². The fraction of sp³-hybridized carbons (Fsp3) is 0.125. The monoisotopic (exact) mass is 382 g/mol. The van der Waals surface area contributed by atoms with Gasteiger partial charge in [0.1, 0.15) is 11.5 Å². The maximum absolute atomic E-state index is 14.5. The van der Waals surface area contributed by atoms with Crippen molar-refractivity contribution in [3.05, 3.63) is 64.3 Å². The van der Waals surface area contributed by atoms with Crippen LogP contribution in [0.15, 0.2) is 47.4 Å². The molecule has 0 aliphatic carbocycles. The quantitative estimate of drug-likeness (QED) is 0.701. The highest BCUT2D eigenvalue weighted by molar-refractivity contribution is 7.76. The van der Waals surface area contributed by atoms with Gasteiger partial charge in [-0.3, -0.25) is 9.00 Å². The van der Waals surface area contributed by atoms with E-state index < -0.39 is 17.1 Å². The fourth-order valence-corrected chi connectivity index (χ4v) is 2.73. The lowest BCUT2D eigenvalue weighted by Crippen LogP contribution is -2.20. The third kappa shape index (κ3) is 4.10. The Morgan fingerprint density at radius 3 is 2.68 bits per heavy atom. The summed E-state index contributed by atoms with van der Waals surface area (Å²) in [7, 11) is 1.40. The normalized spacial score (nSPS) is 12.2. The lowest BCUT2D eigenvalue weighted by Gasteiger charge is -2.19. The Bertz CT molecular complexity index is 996. The lowest BCUT2D eigenvalue weighted by molar-refractivity contribution is 0.430. The van der Waals surface area contributed by atoms with Gasteiger partial charge in [-0.1, -0.05) is 12.1 Å². The van der Waals surface area contributed by atoms with Gasteiger partial charge in [-0.2, -0.15) is 0 Å². The lowest BCUT2D eigenvalue weighted by atomic mass is 10.0. The molecule has 0 spiro atoms. The van der Waals surface area contributed by atoms with Crippen LogP contribution < -0.4 is 5.56 Å². The zero-order valence-electron chi connectivity index (χ0n) is 13.1. The van der Waals surface area contributed by atoms with Crippen LogP contribution in [0.5, 0.6) is 0 Å². The van der Waals surface area contributed by atoms with Gasteiger partial charge in [0.15, 0.2) is 0 Å². The second-order valence-corrected chi connectivity index (χ2v) is 6.32. The van der Waals surface area contributed by atoms with Crippen molar-refractivity contribution in [1.29, 1.82) is 0 Å². The molecule has 6 nitrogen and oxygen atoms in total. The van der Waals surface area contributed by atoms with Crippen LogP contribution in [-0.2, 0) is 17.8 Å². The molecule has 1 atom stereocenters. The first-order valence-corrected chi connectivity index (χ1v) is 8.06. The second kappa shape index (κ2) is 7.83.